The van der Waals surface area contributed by atoms with Crippen molar-refractivity contribution in [3.8, 4) is 5.75 Å². The van der Waals surface area contributed by atoms with E-state index in [0.717, 1.165) is 76.6 Å². The smallest absolute Gasteiger partial charge is 0.122 e. The molecule has 2 aliphatic rings. The molecule has 3 heterocycles. The molecular formula is C23H31N3O2. The largest absolute Gasteiger partial charge is 0.496 e. The maximum Gasteiger partial charge on any atom is 0.122 e. The Kier molecular flexibility index (Phi) is 6.25. The molecule has 2 aliphatic heterocycles. The van der Waals surface area contributed by atoms with Crippen LogP contribution < -0.4 is 4.74 Å². The van der Waals surface area contributed by atoms with E-state index >= 15 is 0 Å². The second-order valence-corrected chi connectivity index (χ2v) is 7.97. The number of hydrogen-bond donors (Lipinski definition) is 0. The molecular weight excluding hydrogens is 350 g/mol. The van der Waals surface area contributed by atoms with Crippen LogP contribution in [0.2, 0.25) is 0 Å². The first-order chi connectivity index (χ1) is 13.8. The molecule has 0 N–H and O–H groups in total. The number of ether oxygens (including phenoxy) is 2. The number of benzene rings is 1. The number of para-hydroxylation sites is 1. The summed E-state index contributed by atoms with van der Waals surface area (Å²) in [6, 6.07) is 14.5. The second kappa shape index (κ2) is 9.03. The molecule has 5 heteroatoms. The van der Waals surface area contributed by atoms with Gasteiger partial charge in [0.2, 0.25) is 0 Å². The summed E-state index contributed by atoms with van der Waals surface area (Å²) in [5, 5.41) is 0. The zero-order chi connectivity index (χ0) is 19.2. The molecule has 1 spiro atoms. The van der Waals surface area contributed by atoms with E-state index in [1.807, 2.05) is 24.4 Å². The Morgan fingerprint density at radius 1 is 1.04 bits per heavy atom. The highest BCUT2D eigenvalue weighted by Crippen LogP contribution is 2.31. The number of morpholine rings is 1. The van der Waals surface area contributed by atoms with Crippen LogP contribution in [-0.2, 0) is 17.7 Å². The van der Waals surface area contributed by atoms with Crippen molar-refractivity contribution < 1.29 is 9.47 Å². The molecule has 2 saturated heterocycles. The predicted octanol–water partition coefficient (Wildman–Crippen LogP) is 3.00. The highest BCUT2D eigenvalue weighted by molar-refractivity contribution is 5.33. The average Bonchev–Trinajstić information content (AvgIpc) is 2.74. The summed E-state index contributed by atoms with van der Waals surface area (Å²) in [5.74, 6) is 0.997. The maximum absolute atomic E-state index is 6.31. The number of hydrogen-bond acceptors (Lipinski definition) is 5. The molecule has 0 saturated carbocycles. The lowest BCUT2D eigenvalue weighted by Gasteiger charge is -2.47. The van der Waals surface area contributed by atoms with E-state index in [4.69, 9.17) is 9.47 Å². The number of methoxy groups -OCH3 is 1. The maximum atomic E-state index is 6.31. The van der Waals surface area contributed by atoms with E-state index in [9.17, 15) is 0 Å². The van der Waals surface area contributed by atoms with Gasteiger partial charge in [0.25, 0.3) is 0 Å². The van der Waals surface area contributed by atoms with Gasteiger partial charge in [0.15, 0.2) is 0 Å². The Morgan fingerprint density at radius 2 is 1.86 bits per heavy atom. The van der Waals surface area contributed by atoms with Gasteiger partial charge in [0.05, 0.1) is 25.0 Å². The monoisotopic (exact) mass is 381 g/mol. The molecule has 150 valence electrons. The average molecular weight is 382 g/mol. The van der Waals surface area contributed by atoms with Crippen LogP contribution >= 0.6 is 0 Å². The van der Waals surface area contributed by atoms with E-state index in [2.05, 4.69) is 39.0 Å². The van der Waals surface area contributed by atoms with Gasteiger partial charge < -0.3 is 14.4 Å². The summed E-state index contributed by atoms with van der Waals surface area (Å²) in [6.45, 7) is 7.05. The predicted molar refractivity (Wildman–Crippen MR) is 111 cm³/mol. The fraction of sp³-hybridized carbons (Fsp3) is 0.522. The summed E-state index contributed by atoms with van der Waals surface area (Å²) in [7, 11) is 1.75. The number of piperidine rings is 1. The number of nitrogens with zero attached hydrogens (tertiary/aromatic N) is 3. The van der Waals surface area contributed by atoms with Crippen LogP contribution in [0, 0.1) is 0 Å². The fourth-order valence-corrected chi connectivity index (χ4v) is 4.45. The molecule has 0 atom stereocenters. The van der Waals surface area contributed by atoms with Crippen molar-refractivity contribution in [2.45, 2.75) is 31.4 Å². The van der Waals surface area contributed by atoms with Gasteiger partial charge in [-0.2, -0.15) is 0 Å². The third-order valence-corrected chi connectivity index (χ3v) is 6.10. The van der Waals surface area contributed by atoms with E-state index < -0.39 is 0 Å². The number of pyridine rings is 1. The molecule has 0 amide bonds. The van der Waals surface area contributed by atoms with Gasteiger partial charge in [-0.05, 0) is 43.0 Å². The number of aromatic nitrogens is 1. The quantitative estimate of drug-likeness (QED) is 0.769. The summed E-state index contributed by atoms with van der Waals surface area (Å²) >= 11 is 0. The Labute approximate surface area is 168 Å². The van der Waals surface area contributed by atoms with Crippen LogP contribution in [0.4, 0.5) is 0 Å². The Bertz CT molecular complexity index is 745. The molecule has 1 aromatic carbocycles. The van der Waals surface area contributed by atoms with Gasteiger partial charge in [0.1, 0.15) is 5.75 Å². The van der Waals surface area contributed by atoms with E-state index in [1.54, 1.807) is 7.11 Å². The third kappa shape index (κ3) is 4.72. The molecule has 0 bridgehead atoms. The van der Waals surface area contributed by atoms with E-state index in [0.29, 0.717) is 0 Å². The van der Waals surface area contributed by atoms with Crippen molar-refractivity contribution in [3.63, 3.8) is 0 Å². The van der Waals surface area contributed by atoms with Crippen LogP contribution in [-0.4, -0.2) is 66.8 Å². The molecule has 4 rings (SSSR count). The molecule has 28 heavy (non-hydrogen) atoms. The summed E-state index contributed by atoms with van der Waals surface area (Å²) in [6.07, 6.45) is 5.13. The Morgan fingerprint density at radius 3 is 2.64 bits per heavy atom. The minimum absolute atomic E-state index is 0.0218. The fourth-order valence-electron chi connectivity index (χ4n) is 4.45. The lowest BCUT2D eigenvalue weighted by molar-refractivity contribution is -0.137. The topological polar surface area (TPSA) is 37.8 Å². The standard InChI is InChI=1S/C23H31N3O2/c1-27-22-8-3-2-6-20(22)9-13-25-14-10-23(11-15-25)19-26(16-17-28-23)18-21-7-4-5-12-24-21/h2-8,12H,9-11,13-19H2,1H3. The molecule has 2 aromatic rings. The van der Waals surface area contributed by atoms with Crippen molar-refractivity contribution in [1.82, 2.24) is 14.8 Å². The zero-order valence-corrected chi connectivity index (χ0v) is 16.8. The van der Waals surface area contributed by atoms with Gasteiger partial charge in [-0.15, -0.1) is 0 Å². The Hall–Kier alpha value is -1.95. The SMILES string of the molecule is COc1ccccc1CCN1CCC2(CC1)CN(Cc1ccccn1)CCO2. The van der Waals surface area contributed by atoms with Crippen LogP contribution in [0.3, 0.4) is 0 Å². The lowest BCUT2D eigenvalue weighted by atomic mass is 9.89. The van der Waals surface area contributed by atoms with Crippen molar-refractivity contribution in [3.05, 3.63) is 59.9 Å². The van der Waals surface area contributed by atoms with Gasteiger partial charge in [-0.25, -0.2) is 0 Å². The van der Waals surface area contributed by atoms with Crippen LogP contribution in [0.5, 0.6) is 5.75 Å². The van der Waals surface area contributed by atoms with Crippen LogP contribution in [0.25, 0.3) is 0 Å². The highest BCUT2D eigenvalue weighted by Gasteiger charge is 2.39. The lowest BCUT2D eigenvalue weighted by Crippen LogP contribution is -2.56. The second-order valence-electron chi connectivity index (χ2n) is 7.97. The zero-order valence-electron chi connectivity index (χ0n) is 16.8. The van der Waals surface area contributed by atoms with Gasteiger partial charge in [-0.3, -0.25) is 9.88 Å². The first-order valence-electron chi connectivity index (χ1n) is 10.4. The number of rotatable bonds is 6. The molecule has 0 radical (unpaired) electrons. The highest BCUT2D eigenvalue weighted by atomic mass is 16.5. The molecule has 5 nitrogen and oxygen atoms in total. The summed E-state index contributed by atoms with van der Waals surface area (Å²) in [5.41, 5.74) is 2.46. The normalized spacial score (nSPS) is 20.3. The van der Waals surface area contributed by atoms with E-state index in [1.165, 1.54) is 5.56 Å². The molecule has 0 unspecified atom stereocenters. The first kappa shape index (κ1) is 19.4. The summed E-state index contributed by atoms with van der Waals surface area (Å²) in [4.78, 5) is 9.56. The molecule has 0 aliphatic carbocycles. The Balaban J connectivity index is 1.28. The number of likely N-dealkylation sites (tertiary alicyclic amines) is 1. The summed E-state index contributed by atoms with van der Waals surface area (Å²) < 4.78 is 11.8. The molecule has 2 fully saturated rings. The van der Waals surface area contributed by atoms with Crippen molar-refractivity contribution in [2.75, 3.05) is 46.4 Å². The van der Waals surface area contributed by atoms with Crippen molar-refractivity contribution in [1.29, 1.82) is 0 Å². The van der Waals surface area contributed by atoms with Gasteiger partial charge in [0, 0.05) is 45.5 Å². The van der Waals surface area contributed by atoms with Crippen LogP contribution in [0.15, 0.2) is 48.7 Å². The molecule has 1 aromatic heterocycles. The first-order valence-corrected chi connectivity index (χ1v) is 10.4. The minimum atomic E-state index is 0.0218. The van der Waals surface area contributed by atoms with Gasteiger partial charge >= 0.3 is 0 Å². The van der Waals surface area contributed by atoms with E-state index in [-0.39, 0.29) is 5.60 Å². The minimum Gasteiger partial charge on any atom is -0.496 e. The third-order valence-electron chi connectivity index (χ3n) is 6.10. The van der Waals surface area contributed by atoms with Crippen LogP contribution in [0.1, 0.15) is 24.1 Å². The van der Waals surface area contributed by atoms with Crippen molar-refractivity contribution in [2.24, 2.45) is 0 Å². The van der Waals surface area contributed by atoms with Gasteiger partial charge in [-0.1, -0.05) is 24.3 Å². The van der Waals surface area contributed by atoms with Crippen molar-refractivity contribution >= 4 is 0 Å².